The number of hydrogen-bond donors (Lipinski definition) is 1. The number of hydrogen-bond acceptors (Lipinski definition) is 3. The van der Waals surface area contributed by atoms with Gasteiger partial charge in [-0.15, -0.1) is 0 Å². The molecule has 0 spiro atoms. The first-order chi connectivity index (χ1) is 12.6. The molecule has 0 aliphatic carbocycles. The topological polar surface area (TPSA) is 51.2 Å². The number of aromatic nitrogens is 1. The summed E-state index contributed by atoms with van der Waals surface area (Å²) in [5, 5.41) is 3.87. The Balaban J connectivity index is 1.58. The molecule has 1 heterocycles. The predicted octanol–water partition coefficient (Wildman–Crippen LogP) is 3.73. The van der Waals surface area contributed by atoms with Crippen LogP contribution in [-0.2, 0) is 11.2 Å². The van der Waals surface area contributed by atoms with Gasteiger partial charge in [-0.25, -0.2) is 4.39 Å². The summed E-state index contributed by atoms with van der Waals surface area (Å²) in [6.45, 7) is 4.46. The monoisotopic (exact) mass is 352 g/mol. The van der Waals surface area contributed by atoms with Gasteiger partial charge in [-0.1, -0.05) is 30.3 Å². The molecule has 0 aliphatic heterocycles. The van der Waals surface area contributed by atoms with Gasteiger partial charge >= 0.3 is 0 Å². The molecule has 26 heavy (non-hydrogen) atoms. The summed E-state index contributed by atoms with van der Waals surface area (Å²) in [6.07, 6.45) is 0.259. The fourth-order valence-corrected chi connectivity index (χ4v) is 2.97. The van der Waals surface area contributed by atoms with Crippen LogP contribution >= 0.6 is 0 Å². The molecule has 5 heteroatoms. The lowest BCUT2D eigenvalue weighted by molar-refractivity contribution is -0.120. The van der Waals surface area contributed by atoms with Crippen LogP contribution in [0.4, 0.5) is 4.39 Å². The number of carbonyl (C=O) groups excluding carboxylic acids is 1. The van der Waals surface area contributed by atoms with Crippen molar-refractivity contribution in [3.05, 3.63) is 71.2 Å². The second kappa shape index (κ2) is 7.95. The van der Waals surface area contributed by atoms with Gasteiger partial charge < -0.3 is 10.1 Å². The van der Waals surface area contributed by atoms with Crippen LogP contribution in [0.15, 0.2) is 48.5 Å². The molecule has 4 nitrogen and oxygen atoms in total. The highest BCUT2D eigenvalue weighted by atomic mass is 19.1. The highest BCUT2D eigenvalue weighted by molar-refractivity contribution is 5.86. The van der Waals surface area contributed by atoms with Crippen LogP contribution in [0.3, 0.4) is 0 Å². The number of nitrogens with one attached hydrogen (secondary N) is 1. The minimum Gasteiger partial charge on any atom is -0.489 e. The molecule has 0 saturated carbocycles. The quantitative estimate of drug-likeness (QED) is 0.688. The summed E-state index contributed by atoms with van der Waals surface area (Å²) in [5.74, 6) is -0.329. The number of fused-ring (bicyclic) bond motifs is 1. The summed E-state index contributed by atoms with van der Waals surface area (Å²) in [7, 11) is 0. The molecule has 3 rings (SSSR count). The molecule has 0 unspecified atom stereocenters. The fourth-order valence-electron chi connectivity index (χ4n) is 2.97. The maximum atomic E-state index is 13.5. The summed E-state index contributed by atoms with van der Waals surface area (Å²) in [4.78, 5) is 16.9. The summed E-state index contributed by atoms with van der Waals surface area (Å²) >= 11 is 0. The molecule has 0 saturated heterocycles. The Labute approximate surface area is 152 Å². The molecule has 3 aromatic rings. The molecule has 0 atom stereocenters. The van der Waals surface area contributed by atoms with Crippen LogP contribution in [-0.4, -0.2) is 24.0 Å². The molecular weight excluding hydrogens is 331 g/mol. The summed E-state index contributed by atoms with van der Waals surface area (Å²) < 4.78 is 18.8. The van der Waals surface area contributed by atoms with Crippen molar-refractivity contribution in [3.8, 4) is 5.75 Å². The first-order valence-electron chi connectivity index (χ1n) is 8.55. The molecule has 0 fully saturated rings. The molecule has 1 N–H and O–H groups in total. The Morgan fingerprint density at radius 1 is 1.12 bits per heavy atom. The lowest BCUT2D eigenvalue weighted by atomic mass is 9.99. The van der Waals surface area contributed by atoms with E-state index in [0.29, 0.717) is 6.54 Å². The Kier molecular flexibility index (Phi) is 5.46. The number of para-hydroxylation sites is 2. The number of aryl methyl sites for hydroxylation is 2. The second-order valence-corrected chi connectivity index (χ2v) is 6.12. The summed E-state index contributed by atoms with van der Waals surface area (Å²) in [6, 6.07) is 14.1. The number of rotatable bonds is 6. The first kappa shape index (κ1) is 17.9. The number of carbonyl (C=O) groups is 1. The second-order valence-electron chi connectivity index (χ2n) is 6.12. The molecule has 1 aromatic heterocycles. The van der Waals surface area contributed by atoms with E-state index in [2.05, 4.69) is 10.3 Å². The molecular formula is C21H21FN2O2. The molecule has 0 radical (unpaired) electrons. The van der Waals surface area contributed by atoms with E-state index in [1.54, 1.807) is 18.2 Å². The van der Waals surface area contributed by atoms with Crippen molar-refractivity contribution in [1.29, 1.82) is 0 Å². The SMILES string of the molecule is Cc1nc2ccccc2c(C)c1CC(=O)NCCOc1ccccc1F. The zero-order valence-electron chi connectivity index (χ0n) is 14.9. The van der Waals surface area contributed by atoms with E-state index in [-0.39, 0.29) is 24.7 Å². The van der Waals surface area contributed by atoms with Crippen molar-refractivity contribution < 1.29 is 13.9 Å². The average Bonchev–Trinajstić information content (AvgIpc) is 2.63. The van der Waals surface area contributed by atoms with Gasteiger partial charge in [0.25, 0.3) is 0 Å². The van der Waals surface area contributed by atoms with Gasteiger partial charge in [0, 0.05) is 11.1 Å². The number of nitrogens with zero attached hydrogens (tertiary/aromatic N) is 1. The molecule has 134 valence electrons. The maximum Gasteiger partial charge on any atom is 0.224 e. The van der Waals surface area contributed by atoms with E-state index < -0.39 is 5.82 Å². The first-order valence-corrected chi connectivity index (χ1v) is 8.55. The number of halogens is 1. The third-order valence-corrected chi connectivity index (χ3v) is 4.34. The Morgan fingerprint density at radius 2 is 1.85 bits per heavy atom. The maximum absolute atomic E-state index is 13.5. The molecule has 1 amide bonds. The van der Waals surface area contributed by atoms with Crippen molar-refractivity contribution in [3.63, 3.8) is 0 Å². The minimum atomic E-state index is -0.410. The van der Waals surface area contributed by atoms with Crippen molar-refractivity contribution >= 4 is 16.8 Å². The predicted molar refractivity (Wildman–Crippen MR) is 99.8 cm³/mol. The van der Waals surface area contributed by atoms with Crippen LogP contribution in [0, 0.1) is 19.7 Å². The van der Waals surface area contributed by atoms with E-state index in [1.165, 1.54) is 6.07 Å². The molecule has 0 bridgehead atoms. The summed E-state index contributed by atoms with van der Waals surface area (Å²) in [5.41, 5.74) is 3.81. The minimum absolute atomic E-state index is 0.106. The van der Waals surface area contributed by atoms with E-state index >= 15 is 0 Å². The smallest absolute Gasteiger partial charge is 0.224 e. The Morgan fingerprint density at radius 3 is 2.65 bits per heavy atom. The van der Waals surface area contributed by atoms with E-state index in [1.807, 2.05) is 38.1 Å². The number of amides is 1. The van der Waals surface area contributed by atoms with Crippen LogP contribution in [0.2, 0.25) is 0 Å². The van der Waals surface area contributed by atoms with Crippen LogP contribution in [0.25, 0.3) is 10.9 Å². The number of ether oxygens (including phenoxy) is 1. The van der Waals surface area contributed by atoms with Crippen LogP contribution < -0.4 is 10.1 Å². The lowest BCUT2D eigenvalue weighted by Gasteiger charge is -2.13. The van der Waals surface area contributed by atoms with Gasteiger partial charge in [-0.3, -0.25) is 9.78 Å². The highest BCUT2D eigenvalue weighted by Gasteiger charge is 2.12. The van der Waals surface area contributed by atoms with Crippen molar-refractivity contribution in [1.82, 2.24) is 10.3 Å². The lowest BCUT2D eigenvalue weighted by Crippen LogP contribution is -2.30. The van der Waals surface area contributed by atoms with E-state index in [0.717, 1.165) is 27.7 Å². The molecule has 2 aromatic carbocycles. The van der Waals surface area contributed by atoms with Crippen molar-refractivity contribution in [2.24, 2.45) is 0 Å². The van der Waals surface area contributed by atoms with Gasteiger partial charge in [-0.05, 0) is 43.2 Å². The highest BCUT2D eigenvalue weighted by Crippen LogP contribution is 2.22. The molecule has 0 aliphatic rings. The van der Waals surface area contributed by atoms with Gasteiger partial charge in [0.1, 0.15) is 6.61 Å². The normalized spacial score (nSPS) is 10.7. The third kappa shape index (κ3) is 3.99. The number of benzene rings is 2. The third-order valence-electron chi connectivity index (χ3n) is 4.34. The van der Waals surface area contributed by atoms with Gasteiger partial charge in [-0.2, -0.15) is 0 Å². The zero-order valence-corrected chi connectivity index (χ0v) is 14.9. The van der Waals surface area contributed by atoms with Gasteiger partial charge in [0.2, 0.25) is 5.91 Å². The van der Waals surface area contributed by atoms with E-state index in [4.69, 9.17) is 4.74 Å². The van der Waals surface area contributed by atoms with Crippen LogP contribution in [0.1, 0.15) is 16.8 Å². The Bertz CT molecular complexity index is 940. The van der Waals surface area contributed by atoms with E-state index in [9.17, 15) is 9.18 Å². The standard InChI is InChI=1S/C21H21FN2O2/c1-14-16-7-3-5-9-19(16)24-15(2)17(14)13-21(25)23-11-12-26-20-10-6-4-8-18(20)22/h3-10H,11-13H2,1-2H3,(H,23,25). The average molecular weight is 352 g/mol. The fraction of sp³-hybridized carbons (Fsp3) is 0.238. The Hall–Kier alpha value is -2.95. The van der Waals surface area contributed by atoms with Crippen molar-refractivity contribution in [2.45, 2.75) is 20.3 Å². The largest absolute Gasteiger partial charge is 0.489 e. The zero-order chi connectivity index (χ0) is 18.5. The number of pyridine rings is 1. The van der Waals surface area contributed by atoms with Gasteiger partial charge in [0.05, 0.1) is 18.5 Å². The van der Waals surface area contributed by atoms with Gasteiger partial charge in [0.15, 0.2) is 11.6 Å². The van der Waals surface area contributed by atoms with Crippen molar-refractivity contribution in [2.75, 3.05) is 13.2 Å². The van der Waals surface area contributed by atoms with Crippen LogP contribution in [0.5, 0.6) is 5.75 Å².